The van der Waals surface area contributed by atoms with Crippen molar-refractivity contribution in [2.24, 2.45) is 11.7 Å². The molecule has 0 aromatic carbocycles. The molecule has 4 heteroatoms. The second kappa shape index (κ2) is 4.95. The molecule has 1 aromatic heterocycles. The van der Waals surface area contributed by atoms with E-state index in [2.05, 4.69) is 28.6 Å². The highest BCUT2D eigenvalue weighted by Crippen LogP contribution is 2.32. The van der Waals surface area contributed by atoms with Crippen LogP contribution in [0.4, 0.5) is 0 Å². The normalized spacial score (nSPS) is 21.2. The zero-order valence-electron chi connectivity index (χ0n) is 10.3. The largest absolute Gasteiger partial charge is 0.321 e. The van der Waals surface area contributed by atoms with E-state index in [0.717, 1.165) is 12.2 Å². The van der Waals surface area contributed by atoms with Crippen molar-refractivity contribution in [3.8, 4) is 0 Å². The number of nitrogens with two attached hydrogens (primary N) is 1. The van der Waals surface area contributed by atoms with Gasteiger partial charge in [0.1, 0.15) is 12.2 Å². The molecule has 1 aliphatic rings. The van der Waals surface area contributed by atoms with Crippen molar-refractivity contribution in [3.05, 3.63) is 12.2 Å². The zero-order valence-corrected chi connectivity index (χ0v) is 10.3. The van der Waals surface area contributed by atoms with Gasteiger partial charge in [-0.3, -0.25) is 0 Å². The first-order valence-electron chi connectivity index (χ1n) is 6.39. The summed E-state index contributed by atoms with van der Waals surface area (Å²) in [7, 11) is 0. The smallest absolute Gasteiger partial charge is 0.150 e. The summed E-state index contributed by atoms with van der Waals surface area (Å²) in [5.41, 5.74) is 6.24. The first-order chi connectivity index (χ1) is 7.74. The average Bonchev–Trinajstić information content (AvgIpc) is 2.95. The molecule has 1 saturated carbocycles. The summed E-state index contributed by atoms with van der Waals surface area (Å²) >= 11 is 0. The lowest BCUT2D eigenvalue weighted by Crippen LogP contribution is -2.24. The van der Waals surface area contributed by atoms with Gasteiger partial charge in [0.25, 0.3) is 0 Å². The molecule has 0 radical (unpaired) electrons. The molecule has 2 rings (SSSR count). The van der Waals surface area contributed by atoms with Gasteiger partial charge in [0, 0.05) is 6.04 Å². The lowest BCUT2D eigenvalue weighted by molar-refractivity contribution is 0.399. The van der Waals surface area contributed by atoms with E-state index in [1.165, 1.54) is 25.7 Å². The number of aromatic nitrogens is 3. The standard InChI is InChI=1S/C12H22N4/c1-3-9(2)11(13)12-15-14-8-16(12)10-6-4-5-7-10/h8-11H,3-7,13H2,1-2H3. The topological polar surface area (TPSA) is 56.7 Å². The fourth-order valence-corrected chi connectivity index (χ4v) is 2.46. The predicted octanol–water partition coefficient (Wildman–Crippen LogP) is 2.44. The molecule has 90 valence electrons. The Morgan fingerprint density at radius 3 is 2.81 bits per heavy atom. The Bertz CT molecular complexity index is 328. The van der Waals surface area contributed by atoms with Gasteiger partial charge >= 0.3 is 0 Å². The Morgan fingerprint density at radius 1 is 1.50 bits per heavy atom. The molecule has 1 heterocycles. The van der Waals surface area contributed by atoms with Crippen LogP contribution in [0.3, 0.4) is 0 Å². The van der Waals surface area contributed by atoms with E-state index in [-0.39, 0.29) is 6.04 Å². The van der Waals surface area contributed by atoms with Crippen LogP contribution in [-0.2, 0) is 0 Å². The van der Waals surface area contributed by atoms with E-state index < -0.39 is 0 Å². The summed E-state index contributed by atoms with van der Waals surface area (Å²) in [5.74, 6) is 1.44. The summed E-state index contributed by atoms with van der Waals surface area (Å²) in [6.07, 6.45) is 8.07. The molecule has 0 saturated heterocycles. The second-order valence-corrected chi connectivity index (χ2v) is 4.95. The van der Waals surface area contributed by atoms with E-state index in [9.17, 15) is 0 Å². The Morgan fingerprint density at radius 2 is 2.19 bits per heavy atom. The second-order valence-electron chi connectivity index (χ2n) is 4.95. The minimum atomic E-state index is 0.0214. The first-order valence-corrected chi connectivity index (χ1v) is 6.39. The Kier molecular flexibility index (Phi) is 3.59. The number of nitrogens with zero attached hydrogens (tertiary/aromatic N) is 3. The minimum Gasteiger partial charge on any atom is -0.321 e. The van der Waals surface area contributed by atoms with Crippen molar-refractivity contribution in [1.82, 2.24) is 14.8 Å². The average molecular weight is 222 g/mol. The zero-order chi connectivity index (χ0) is 11.5. The van der Waals surface area contributed by atoms with Crippen molar-refractivity contribution in [2.75, 3.05) is 0 Å². The third-order valence-corrected chi connectivity index (χ3v) is 3.87. The summed E-state index contributed by atoms with van der Waals surface area (Å²) in [6.45, 7) is 4.35. The molecule has 0 bridgehead atoms. The fraction of sp³-hybridized carbons (Fsp3) is 0.833. The van der Waals surface area contributed by atoms with Crippen molar-refractivity contribution in [1.29, 1.82) is 0 Å². The van der Waals surface area contributed by atoms with E-state index in [1.807, 2.05) is 6.33 Å². The van der Waals surface area contributed by atoms with Gasteiger partial charge in [-0.1, -0.05) is 33.1 Å². The highest BCUT2D eigenvalue weighted by Gasteiger charge is 2.24. The molecule has 0 aliphatic heterocycles. The number of hydrogen-bond donors (Lipinski definition) is 1. The van der Waals surface area contributed by atoms with Crippen LogP contribution in [0.5, 0.6) is 0 Å². The molecule has 4 nitrogen and oxygen atoms in total. The predicted molar refractivity (Wildman–Crippen MR) is 63.9 cm³/mol. The maximum Gasteiger partial charge on any atom is 0.150 e. The van der Waals surface area contributed by atoms with Crippen LogP contribution in [0.2, 0.25) is 0 Å². The number of rotatable bonds is 4. The highest BCUT2D eigenvalue weighted by atomic mass is 15.3. The molecule has 1 fully saturated rings. The van der Waals surface area contributed by atoms with E-state index in [1.54, 1.807) is 0 Å². The molecule has 2 N–H and O–H groups in total. The lowest BCUT2D eigenvalue weighted by Gasteiger charge is -2.21. The van der Waals surface area contributed by atoms with Crippen LogP contribution in [0, 0.1) is 5.92 Å². The third-order valence-electron chi connectivity index (χ3n) is 3.87. The lowest BCUT2D eigenvalue weighted by atomic mass is 9.99. The van der Waals surface area contributed by atoms with Gasteiger partial charge in [0.05, 0.1) is 6.04 Å². The van der Waals surface area contributed by atoms with Gasteiger partial charge in [-0.15, -0.1) is 10.2 Å². The van der Waals surface area contributed by atoms with Gasteiger partial charge < -0.3 is 10.3 Å². The minimum absolute atomic E-state index is 0.0214. The molecule has 0 spiro atoms. The van der Waals surface area contributed by atoms with Crippen molar-refractivity contribution in [2.45, 2.75) is 58.0 Å². The van der Waals surface area contributed by atoms with Crippen molar-refractivity contribution >= 4 is 0 Å². The fourth-order valence-electron chi connectivity index (χ4n) is 2.46. The maximum absolute atomic E-state index is 6.24. The van der Waals surface area contributed by atoms with E-state index in [4.69, 9.17) is 5.73 Å². The monoisotopic (exact) mass is 222 g/mol. The third kappa shape index (κ3) is 2.12. The summed E-state index contributed by atoms with van der Waals surface area (Å²) in [5, 5.41) is 8.26. The van der Waals surface area contributed by atoms with E-state index in [0.29, 0.717) is 12.0 Å². The molecule has 16 heavy (non-hydrogen) atoms. The van der Waals surface area contributed by atoms with Crippen LogP contribution in [0.1, 0.15) is 63.9 Å². The molecule has 2 atom stereocenters. The Labute approximate surface area is 97.2 Å². The number of hydrogen-bond acceptors (Lipinski definition) is 3. The van der Waals surface area contributed by atoms with Crippen LogP contribution in [-0.4, -0.2) is 14.8 Å². The molecule has 2 unspecified atom stereocenters. The van der Waals surface area contributed by atoms with Crippen molar-refractivity contribution < 1.29 is 0 Å². The first kappa shape index (κ1) is 11.6. The van der Waals surface area contributed by atoms with Crippen LogP contribution in [0.15, 0.2) is 6.33 Å². The SMILES string of the molecule is CCC(C)C(N)c1nncn1C1CCCC1. The van der Waals surface area contributed by atoms with Gasteiger partial charge in [0.15, 0.2) is 0 Å². The maximum atomic E-state index is 6.24. The summed E-state index contributed by atoms with van der Waals surface area (Å²) < 4.78 is 2.21. The Hall–Kier alpha value is -0.900. The van der Waals surface area contributed by atoms with Gasteiger partial charge in [-0.2, -0.15) is 0 Å². The Balaban J connectivity index is 2.17. The van der Waals surface area contributed by atoms with Crippen molar-refractivity contribution in [3.63, 3.8) is 0 Å². The molecular formula is C12H22N4. The quantitative estimate of drug-likeness (QED) is 0.851. The van der Waals surface area contributed by atoms with Gasteiger partial charge in [0.2, 0.25) is 0 Å². The molecule has 1 aromatic rings. The van der Waals surface area contributed by atoms with E-state index >= 15 is 0 Å². The molecular weight excluding hydrogens is 200 g/mol. The van der Waals surface area contributed by atoms with Crippen LogP contribution in [0.25, 0.3) is 0 Å². The van der Waals surface area contributed by atoms with Gasteiger partial charge in [-0.05, 0) is 18.8 Å². The summed E-state index contributed by atoms with van der Waals surface area (Å²) in [6, 6.07) is 0.605. The highest BCUT2D eigenvalue weighted by molar-refractivity contribution is 4.98. The van der Waals surface area contributed by atoms with Crippen LogP contribution < -0.4 is 5.73 Å². The molecule has 1 aliphatic carbocycles. The van der Waals surface area contributed by atoms with Gasteiger partial charge in [-0.25, -0.2) is 0 Å². The van der Waals surface area contributed by atoms with Crippen LogP contribution >= 0.6 is 0 Å². The summed E-state index contributed by atoms with van der Waals surface area (Å²) in [4.78, 5) is 0. The molecule has 0 amide bonds.